The molecule has 2 aromatic carbocycles. The van der Waals surface area contributed by atoms with E-state index in [1.165, 1.54) is 0 Å². The Morgan fingerprint density at radius 1 is 1.11 bits per heavy atom. The number of ether oxygens (including phenoxy) is 2. The van der Waals surface area contributed by atoms with Crippen LogP contribution in [0.2, 0.25) is 10.0 Å². The molecular formula is C21H25Cl2NO4. The Kier molecular flexibility index (Phi) is 7.98. The fourth-order valence-corrected chi connectivity index (χ4v) is 2.97. The largest absolute Gasteiger partial charge is 0.489 e. The van der Waals surface area contributed by atoms with Gasteiger partial charge in [-0.15, -0.1) is 0 Å². The summed E-state index contributed by atoms with van der Waals surface area (Å²) in [5.41, 5.74) is 1.09. The molecule has 0 aliphatic heterocycles. The van der Waals surface area contributed by atoms with E-state index in [1.54, 1.807) is 39.0 Å². The smallest absolute Gasteiger partial charge is 0.407 e. The summed E-state index contributed by atoms with van der Waals surface area (Å²) in [6, 6.07) is 12.3. The SMILES string of the molecule is CC(C)(C)OC(=O)N[C@@H](CO)Cc1ccc(OCc2c(Cl)cccc2Cl)cc1. The number of carbonyl (C=O) groups is 1. The van der Waals surface area contributed by atoms with Gasteiger partial charge in [0.2, 0.25) is 0 Å². The molecule has 0 fully saturated rings. The van der Waals surface area contributed by atoms with Gasteiger partial charge in [-0.05, 0) is 57.0 Å². The Bertz CT molecular complexity index is 768. The number of alkyl carbamates (subject to hydrolysis) is 1. The number of aliphatic hydroxyl groups excluding tert-OH is 1. The van der Waals surface area contributed by atoms with E-state index in [1.807, 2.05) is 24.3 Å². The van der Waals surface area contributed by atoms with E-state index in [9.17, 15) is 9.90 Å². The Morgan fingerprint density at radius 3 is 2.25 bits per heavy atom. The highest BCUT2D eigenvalue weighted by atomic mass is 35.5. The zero-order valence-corrected chi connectivity index (χ0v) is 17.7. The molecule has 0 aromatic heterocycles. The van der Waals surface area contributed by atoms with Crippen molar-refractivity contribution in [1.82, 2.24) is 5.32 Å². The topological polar surface area (TPSA) is 67.8 Å². The van der Waals surface area contributed by atoms with Crippen LogP contribution < -0.4 is 10.1 Å². The van der Waals surface area contributed by atoms with Gasteiger partial charge in [-0.3, -0.25) is 0 Å². The van der Waals surface area contributed by atoms with E-state index >= 15 is 0 Å². The van der Waals surface area contributed by atoms with Gasteiger partial charge >= 0.3 is 6.09 Å². The number of carbonyl (C=O) groups excluding carboxylic acids is 1. The Balaban J connectivity index is 1.91. The molecular weight excluding hydrogens is 401 g/mol. The van der Waals surface area contributed by atoms with Crippen molar-refractivity contribution in [3.63, 3.8) is 0 Å². The van der Waals surface area contributed by atoms with E-state index in [0.29, 0.717) is 22.2 Å². The van der Waals surface area contributed by atoms with Gasteiger partial charge in [0.25, 0.3) is 0 Å². The van der Waals surface area contributed by atoms with E-state index in [0.717, 1.165) is 11.1 Å². The van der Waals surface area contributed by atoms with Crippen molar-refractivity contribution in [2.45, 2.75) is 45.4 Å². The zero-order valence-electron chi connectivity index (χ0n) is 16.2. The molecule has 0 aliphatic carbocycles. The molecule has 0 saturated heterocycles. The minimum atomic E-state index is -0.590. The molecule has 0 spiro atoms. The number of amides is 1. The molecule has 2 aromatic rings. The van der Waals surface area contributed by atoms with Crippen LogP contribution in [-0.4, -0.2) is 29.4 Å². The third kappa shape index (κ3) is 7.23. The van der Waals surface area contributed by atoms with Crippen LogP contribution in [0.15, 0.2) is 42.5 Å². The van der Waals surface area contributed by atoms with E-state index in [2.05, 4.69) is 5.32 Å². The highest BCUT2D eigenvalue weighted by Gasteiger charge is 2.19. The maximum absolute atomic E-state index is 11.9. The number of rotatable bonds is 7. The fraction of sp³-hybridized carbons (Fsp3) is 0.381. The van der Waals surface area contributed by atoms with Gasteiger partial charge in [-0.25, -0.2) is 4.79 Å². The first kappa shape index (κ1) is 22.3. The van der Waals surface area contributed by atoms with E-state index in [4.69, 9.17) is 32.7 Å². The minimum absolute atomic E-state index is 0.192. The molecule has 0 heterocycles. The first-order valence-corrected chi connectivity index (χ1v) is 9.68. The van der Waals surface area contributed by atoms with Crippen molar-refractivity contribution >= 4 is 29.3 Å². The monoisotopic (exact) mass is 425 g/mol. The number of nitrogens with one attached hydrogen (secondary N) is 1. The second kappa shape index (κ2) is 10.0. The zero-order chi connectivity index (χ0) is 20.7. The average molecular weight is 426 g/mol. The molecule has 0 bridgehead atoms. The van der Waals surface area contributed by atoms with Gasteiger partial charge in [0.05, 0.1) is 12.6 Å². The standard InChI is InChI=1S/C21H25Cl2NO4/c1-21(2,3)28-20(26)24-15(12-25)11-14-7-9-16(10-8-14)27-13-17-18(22)5-4-6-19(17)23/h4-10,15,25H,11-13H2,1-3H3,(H,24,26)/t15-/m1/s1. The van der Waals surface area contributed by atoms with Crippen LogP contribution in [0, 0.1) is 0 Å². The molecule has 0 radical (unpaired) electrons. The van der Waals surface area contributed by atoms with Gasteiger partial charge in [0.15, 0.2) is 0 Å². The van der Waals surface area contributed by atoms with Crippen molar-refractivity contribution in [3.05, 3.63) is 63.6 Å². The first-order valence-electron chi connectivity index (χ1n) is 8.93. The van der Waals surface area contributed by atoms with Crippen LogP contribution in [-0.2, 0) is 17.8 Å². The van der Waals surface area contributed by atoms with Gasteiger partial charge in [0.1, 0.15) is 18.0 Å². The lowest BCUT2D eigenvalue weighted by Crippen LogP contribution is -2.42. The lowest BCUT2D eigenvalue weighted by Gasteiger charge is -2.22. The lowest BCUT2D eigenvalue weighted by molar-refractivity contribution is 0.0483. The molecule has 0 aliphatic rings. The highest BCUT2D eigenvalue weighted by Crippen LogP contribution is 2.26. The summed E-state index contributed by atoms with van der Waals surface area (Å²) < 4.78 is 11.0. The van der Waals surface area contributed by atoms with Crippen molar-refractivity contribution in [1.29, 1.82) is 0 Å². The molecule has 0 saturated carbocycles. The fourth-order valence-electron chi connectivity index (χ4n) is 2.47. The van der Waals surface area contributed by atoms with Crippen LogP contribution >= 0.6 is 23.2 Å². The molecule has 1 atom stereocenters. The van der Waals surface area contributed by atoms with Gasteiger partial charge in [-0.1, -0.05) is 41.4 Å². The summed E-state index contributed by atoms with van der Waals surface area (Å²) in [5.74, 6) is 0.667. The second-order valence-corrected chi connectivity index (χ2v) is 8.18. The first-order chi connectivity index (χ1) is 13.2. The highest BCUT2D eigenvalue weighted by molar-refractivity contribution is 6.35. The third-order valence-electron chi connectivity index (χ3n) is 3.79. The van der Waals surface area contributed by atoms with Crippen molar-refractivity contribution < 1.29 is 19.4 Å². The van der Waals surface area contributed by atoms with Gasteiger partial charge < -0.3 is 19.9 Å². The van der Waals surface area contributed by atoms with Crippen LogP contribution in [0.4, 0.5) is 4.79 Å². The van der Waals surface area contributed by atoms with Crippen molar-refractivity contribution in [2.24, 2.45) is 0 Å². The summed E-state index contributed by atoms with van der Waals surface area (Å²) in [7, 11) is 0. The summed E-state index contributed by atoms with van der Waals surface area (Å²) in [5, 5.41) is 13.3. The number of hydrogen-bond acceptors (Lipinski definition) is 4. The lowest BCUT2D eigenvalue weighted by atomic mass is 10.1. The Morgan fingerprint density at radius 2 is 1.71 bits per heavy atom. The summed E-state index contributed by atoms with van der Waals surface area (Å²) in [6.45, 7) is 5.43. The average Bonchev–Trinajstić information content (AvgIpc) is 2.60. The molecule has 152 valence electrons. The van der Waals surface area contributed by atoms with Crippen LogP contribution in [0.3, 0.4) is 0 Å². The predicted octanol–water partition coefficient (Wildman–Crippen LogP) is 5.00. The van der Waals surface area contributed by atoms with Gasteiger partial charge in [0, 0.05) is 15.6 Å². The number of benzene rings is 2. The predicted molar refractivity (Wildman–Crippen MR) is 111 cm³/mol. The third-order valence-corrected chi connectivity index (χ3v) is 4.50. The summed E-state index contributed by atoms with van der Waals surface area (Å²) in [6.07, 6.45) is -0.0880. The molecule has 2 rings (SSSR count). The normalized spacial score (nSPS) is 12.4. The molecule has 2 N–H and O–H groups in total. The minimum Gasteiger partial charge on any atom is -0.489 e. The maximum Gasteiger partial charge on any atom is 0.407 e. The number of aliphatic hydroxyl groups is 1. The molecule has 28 heavy (non-hydrogen) atoms. The van der Waals surface area contributed by atoms with Crippen LogP contribution in [0.1, 0.15) is 31.9 Å². The summed E-state index contributed by atoms with van der Waals surface area (Å²) >= 11 is 12.3. The van der Waals surface area contributed by atoms with E-state index < -0.39 is 17.7 Å². The summed E-state index contributed by atoms with van der Waals surface area (Å²) in [4.78, 5) is 11.9. The molecule has 5 nitrogen and oxygen atoms in total. The van der Waals surface area contributed by atoms with Crippen LogP contribution in [0.5, 0.6) is 5.75 Å². The second-order valence-electron chi connectivity index (χ2n) is 7.36. The molecule has 7 heteroatoms. The molecule has 0 unspecified atom stereocenters. The Hall–Kier alpha value is -1.95. The van der Waals surface area contributed by atoms with E-state index in [-0.39, 0.29) is 13.2 Å². The van der Waals surface area contributed by atoms with Crippen molar-refractivity contribution in [3.8, 4) is 5.75 Å². The number of hydrogen-bond donors (Lipinski definition) is 2. The quantitative estimate of drug-likeness (QED) is 0.654. The number of halogens is 2. The van der Waals surface area contributed by atoms with Gasteiger partial charge in [-0.2, -0.15) is 0 Å². The van der Waals surface area contributed by atoms with Crippen molar-refractivity contribution in [2.75, 3.05) is 6.61 Å². The molecule has 1 amide bonds. The maximum atomic E-state index is 11.9. The van der Waals surface area contributed by atoms with Crippen LogP contribution in [0.25, 0.3) is 0 Å². The Labute approximate surface area is 175 Å².